The Morgan fingerprint density at radius 2 is 1.87 bits per heavy atom. The number of aromatic nitrogens is 3. The second kappa shape index (κ2) is 8.34. The standard InChI is InChI=1S/C23H28N4O3/c1-15-7-16(2)13-26(12-15)23(28)19-8-18-11-25-27(22(18)24-10-19)14-17-5-6-20(29-3)9-21(17)30-4/h5-6,8-11,15-16H,7,12-14H2,1-4H3. The monoisotopic (exact) mass is 408 g/mol. The molecule has 0 bridgehead atoms. The second-order valence-electron chi connectivity index (χ2n) is 8.27. The summed E-state index contributed by atoms with van der Waals surface area (Å²) in [6.07, 6.45) is 4.59. The van der Waals surface area contributed by atoms with Gasteiger partial charge >= 0.3 is 0 Å². The highest BCUT2D eigenvalue weighted by Gasteiger charge is 2.26. The van der Waals surface area contributed by atoms with Crippen LogP contribution < -0.4 is 9.47 Å². The van der Waals surface area contributed by atoms with Crippen molar-refractivity contribution < 1.29 is 14.3 Å². The van der Waals surface area contributed by atoms with Gasteiger partial charge < -0.3 is 14.4 Å². The number of nitrogens with zero attached hydrogens (tertiary/aromatic N) is 4. The van der Waals surface area contributed by atoms with Crippen LogP contribution in [0, 0.1) is 11.8 Å². The lowest BCUT2D eigenvalue weighted by Gasteiger charge is -2.35. The molecule has 1 saturated heterocycles. The van der Waals surface area contributed by atoms with Crippen LogP contribution in [-0.2, 0) is 6.54 Å². The van der Waals surface area contributed by atoms with Crippen LogP contribution in [0.1, 0.15) is 36.2 Å². The molecule has 7 nitrogen and oxygen atoms in total. The van der Waals surface area contributed by atoms with E-state index in [1.165, 1.54) is 6.42 Å². The lowest BCUT2D eigenvalue weighted by atomic mass is 9.91. The molecule has 0 N–H and O–H groups in total. The SMILES string of the molecule is COc1ccc(Cn2ncc3cc(C(=O)N4CC(C)CC(C)C4)cnc32)c(OC)c1. The summed E-state index contributed by atoms with van der Waals surface area (Å²) in [5.74, 6) is 2.57. The Bertz CT molecular complexity index is 1050. The molecule has 0 radical (unpaired) electrons. The molecule has 1 fully saturated rings. The van der Waals surface area contributed by atoms with Crippen molar-refractivity contribution >= 4 is 16.9 Å². The summed E-state index contributed by atoms with van der Waals surface area (Å²) in [7, 11) is 3.27. The lowest BCUT2D eigenvalue weighted by Crippen LogP contribution is -2.42. The molecule has 4 rings (SSSR count). The summed E-state index contributed by atoms with van der Waals surface area (Å²) in [5, 5.41) is 5.34. The molecular weight excluding hydrogens is 380 g/mol. The van der Waals surface area contributed by atoms with E-state index in [1.807, 2.05) is 33.8 Å². The third kappa shape index (κ3) is 3.97. The molecule has 1 aliphatic heterocycles. The molecule has 7 heteroatoms. The number of ether oxygens (including phenoxy) is 2. The van der Waals surface area contributed by atoms with Crippen LogP contribution in [0.5, 0.6) is 11.5 Å². The number of piperidine rings is 1. The van der Waals surface area contributed by atoms with E-state index in [9.17, 15) is 4.79 Å². The van der Waals surface area contributed by atoms with E-state index in [0.717, 1.165) is 41.2 Å². The fraction of sp³-hybridized carbons (Fsp3) is 0.435. The van der Waals surface area contributed by atoms with E-state index in [0.29, 0.717) is 23.9 Å². The summed E-state index contributed by atoms with van der Waals surface area (Å²) in [6.45, 7) is 6.53. The Morgan fingerprint density at radius 1 is 1.10 bits per heavy atom. The molecule has 3 heterocycles. The van der Waals surface area contributed by atoms with E-state index < -0.39 is 0 Å². The second-order valence-corrected chi connectivity index (χ2v) is 8.27. The molecule has 2 aromatic heterocycles. The van der Waals surface area contributed by atoms with Gasteiger partial charge in [0, 0.05) is 36.3 Å². The molecular formula is C23H28N4O3. The molecule has 30 heavy (non-hydrogen) atoms. The van der Waals surface area contributed by atoms with E-state index in [2.05, 4.69) is 23.9 Å². The Hall–Kier alpha value is -3.09. The van der Waals surface area contributed by atoms with E-state index in [4.69, 9.17) is 9.47 Å². The summed E-state index contributed by atoms with van der Waals surface area (Å²) in [5.41, 5.74) is 2.33. The number of fused-ring (bicyclic) bond motifs is 1. The zero-order valence-corrected chi connectivity index (χ0v) is 18.0. The minimum Gasteiger partial charge on any atom is -0.497 e. The van der Waals surface area contributed by atoms with Crippen LogP contribution >= 0.6 is 0 Å². The van der Waals surface area contributed by atoms with Crippen molar-refractivity contribution in [1.29, 1.82) is 0 Å². The molecule has 3 aromatic rings. The highest BCUT2D eigenvalue weighted by molar-refractivity contribution is 5.96. The average Bonchev–Trinajstić information content (AvgIpc) is 3.14. The average molecular weight is 409 g/mol. The lowest BCUT2D eigenvalue weighted by molar-refractivity contribution is 0.0623. The van der Waals surface area contributed by atoms with Gasteiger partial charge in [0.25, 0.3) is 5.91 Å². The first-order valence-corrected chi connectivity index (χ1v) is 10.3. The predicted molar refractivity (Wildman–Crippen MR) is 115 cm³/mol. The van der Waals surface area contributed by atoms with Crippen LogP contribution in [0.15, 0.2) is 36.7 Å². The third-order valence-electron chi connectivity index (χ3n) is 5.69. The number of hydrogen-bond acceptors (Lipinski definition) is 5. The van der Waals surface area contributed by atoms with Gasteiger partial charge in [-0.2, -0.15) is 5.10 Å². The van der Waals surface area contributed by atoms with Crippen molar-refractivity contribution in [2.75, 3.05) is 27.3 Å². The number of rotatable bonds is 5. The topological polar surface area (TPSA) is 69.5 Å². The van der Waals surface area contributed by atoms with Crippen molar-refractivity contribution in [2.24, 2.45) is 11.8 Å². The quantitative estimate of drug-likeness (QED) is 0.645. The maximum Gasteiger partial charge on any atom is 0.255 e. The molecule has 1 aliphatic rings. The van der Waals surface area contributed by atoms with Gasteiger partial charge in [-0.3, -0.25) is 4.79 Å². The molecule has 2 atom stereocenters. The Labute approximate surface area is 176 Å². The molecule has 1 aromatic carbocycles. The highest BCUT2D eigenvalue weighted by atomic mass is 16.5. The number of pyridine rings is 1. The van der Waals surface area contributed by atoms with Crippen LogP contribution in [-0.4, -0.2) is 52.9 Å². The van der Waals surface area contributed by atoms with Crippen LogP contribution in [0.3, 0.4) is 0 Å². The van der Waals surface area contributed by atoms with Crippen LogP contribution in [0.4, 0.5) is 0 Å². The molecule has 158 valence electrons. The maximum absolute atomic E-state index is 13.0. The minimum absolute atomic E-state index is 0.0485. The number of hydrogen-bond donors (Lipinski definition) is 0. The smallest absolute Gasteiger partial charge is 0.255 e. The van der Waals surface area contributed by atoms with Crippen molar-refractivity contribution in [3.63, 3.8) is 0 Å². The Morgan fingerprint density at radius 3 is 2.57 bits per heavy atom. The first-order chi connectivity index (χ1) is 14.5. The fourth-order valence-corrected chi connectivity index (χ4v) is 4.36. The first-order valence-electron chi connectivity index (χ1n) is 10.3. The summed E-state index contributed by atoms with van der Waals surface area (Å²) in [4.78, 5) is 19.5. The molecule has 0 saturated carbocycles. The van der Waals surface area contributed by atoms with Crippen molar-refractivity contribution in [3.05, 3.63) is 47.8 Å². The largest absolute Gasteiger partial charge is 0.497 e. The Balaban J connectivity index is 1.58. The van der Waals surface area contributed by atoms with Gasteiger partial charge in [-0.15, -0.1) is 0 Å². The normalized spacial score (nSPS) is 19.1. The molecule has 0 aliphatic carbocycles. The Kier molecular flexibility index (Phi) is 5.61. The van der Waals surface area contributed by atoms with Crippen molar-refractivity contribution in [3.8, 4) is 11.5 Å². The van der Waals surface area contributed by atoms with E-state index in [1.54, 1.807) is 26.6 Å². The van der Waals surface area contributed by atoms with Gasteiger partial charge in [0.05, 0.1) is 32.5 Å². The van der Waals surface area contributed by atoms with Gasteiger partial charge in [-0.25, -0.2) is 9.67 Å². The van der Waals surface area contributed by atoms with Gasteiger partial charge in [0.15, 0.2) is 5.65 Å². The third-order valence-corrected chi connectivity index (χ3v) is 5.69. The number of carbonyl (C=O) groups is 1. The van der Waals surface area contributed by atoms with Crippen LogP contribution in [0.25, 0.3) is 11.0 Å². The summed E-state index contributed by atoms with van der Waals surface area (Å²) < 4.78 is 12.6. The fourth-order valence-electron chi connectivity index (χ4n) is 4.36. The number of methoxy groups -OCH3 is 2. The van der Waals surface area contributed by atoms with Gasteiger partial charge in [-0.1, -0.05) is 13.8 Å². The van der Waals surface area contributed by atoms with Gasteiger partial charge in [-0.05, 0) is 36.5 Å². The first kappa shape index (κ1) is 20.2. The number of benzene rings is 1. The predicted octanol–water partition coefficient (Wildman–Crippen LogP) is 3.61. The van der Waals surface area contributed by atoms with Gasteiger partial charge in [0.2, 0.25) is 0 Å². The molecule has 2 unspecified atom stereocenters. The molecule has 1 amide bonds. The van der Waals surface area contributed by atoms with Gasteiger partial charge in [0.1, 0.15) is 11.5 Å². The number of likely N-dealkylation sites (tertiary alicyclic amines) is 1. The van der Waals surface area contributed by atoms with Crippen molar-refractivity contribution in [1.82, 2.24) is 19.7 Å². The van der Waals surface area contributed by atoms with E-state index in [-0.39, 0.29) is 5.91 Å². The zero-order valence-electron chi connectivity index (χ0n) is 18.0. The molecule has 0 spiro atoms. The zero-order chi connectivity index (χ0) is 21.3. The van der Waals surface area contributed by atoms with Crippen molar-refractivity contribution in [2.45, 2.75) is 26.8 Å². The van der Waals surface area contributed by atoms with Crippen LogP contribution in [0.2, 0.25) is 0 Å². The maximum atomic E-state index is 13.0. The summed E-state index contributed by atoms with van der Waals surface area (Å²) in [6, 6.07) is 7.60. The number of carbonyl (C=O) groups excluding carboxylic acids is 1. The minimum atomic E-state index is 0.0485. The number of amides is 1. The van der Waals surface area contributed by atoms with E-state index >= 15 is 0 Å². The summed E-state index contributed by atoms with van der Waals surface area (Å²) >= 11 is 0. The highest BCUT2D eigenvalue weighted by Crippen LogP contribution is 2.27.